The zero-order valence-electron chi connectivity index (χ0n) is 8.48. The number of rotatable bonds is 1. The molecule has 0 bridgehead atoms. The van der Waals surface area contributed by atoms with Gasteiger partial charge in [0.25, 0.3) is 0 Å². The van der Waals surface area contributed by atoms with Gasteiger partial charge in [0, 0.05) is 5.69 Å². The van der Waals surface area contributed by atoms with Crippen LogP contribution in [0.3, 0.4) is 0 Å². The van der Waals surface area contributed by atoms with E-state index >= 15 is 0 Å². The number of hydrogen-bond donors (Lipinski definition) is 0. The second-order valence-corrected chi connectivity index (χ2v) is 3.34. The summed E-state index contributed by atoms with van der Waals surface area (Å²) < 4.78 is 1.71. The maximum Gasteiger partial charge on any atom is 0.168 e. The number of carbonyl (C=O) groups excluding carboxylic acids is 1. The van der Waals surface area contributed by atoms with Crippen LogP contribution in [0.5, 0.6) is 0 Å². The topological polar surface area (TPSA) is 58.2 Å². The predicted molar refractivity (Wildman–Crippen MR) is 54.8 cm³/mol. The molecule has 0 aromatic carbocycles. The molecule has 4 heteroatoms. The van der Waals surface area contributed by atoms with Crippen LogP contribution in [0.15, 0.2) is 12.1 Å². The van der Waals surface area contributed by atoms with Crippen molar-refractivity contribution in [2.75, 3.05) is 0 Å². The van der Waals surface area contributed by atoms with Gasteiger partial charge in [-0.3, -0.25) is 9.20 Å². The van der Waals surface area contributed by atoms with E-state index < -0.39 is 0 Å². The Morgan fingerprint density at radius 1 is 1.47 bits per heavy atom. The molecule has 0 saturated heterocycles. The maximum absolute atomic E-state index is 10.9. The molecular weight excluding hydrogens is 190 g/mol. The molecule has 4 nitrogen and oxygen atoms in total. The molecule has 0 aliphatic heterocycles. The highest BCUT2D eigenvalue weighted by atomic mass is 16.1. The lowest BCUT2D eigenvalue weighted by atomic mass is 10.2. The minimum atomic E-state index is 0.514. The first-order valence-corrected chi connectivity index (χ1v) is 4.53. The van der Waals surface area contributed by atoms with Crippen molar-refractivity contribution in [2.45, 2.75) is 13.8 Å². The van der Waals surface area contributed by atoms with Crippen molar-refractivity contribution in [3.63, 3.8) is 0 Å². The average molecular weight is 199 g/mol. The third kappa shape index (κ3) is 1.21. The van der Waals surface area contributed by atoms with E-state index in [-0.39, 0.29) is 0 Å². The predicted octanol–water partition coefficient (Wildman–Crippen LogP) is 1.64. The van der Waals surface area contributed by atoms with Crippen molar-refractivity contribution in [1.82, 2.24) is 9.38 Å². The van der Waals surface area contributed by atoms with Crippen LogP contribution >= 0.6 is 0 Å². The van der Waals surface area contributed by atoms with Gasteiger partial charge >= 0.3 is 0 Å². The van der Waals surface area contributed by atoms with Crippen LogP contribution < -0.4 is 0 Å². The third-order valence-electron chi connectivity index (χ3n) is 2.48. The Hall–Kier alpha value is -2.15. The van der Waals surface area contributed by atoms with Crippen molar-refractivity contribution in [3.8, 4) is 6.07 Å². The van der Waals surface area contributed by atoms with Gasteiger partial charge in [-0.05, 0) is 26.0 Å². The molecule has 0 atom stereocenters. The van der Waals surface area contributed by atoms with E-state index in [2.05, 4.69) is 11.1 Å². The maximum atomic E-state index is 10.9. The second kappa shape index (κ2) is 3.21. The zero-order valence-corrected chi connectivity index (χ0v) is 8.48. The highest BCUT2D eigenvalue weighted by molar-refractivity contribution is 5.76. The molecule has 0 aliphatic rings. The summed E-state index contributed by atoms with van der Waals surface area (Å²) in [7, 11) is 0. The summed E-state index contributed by atoms with van der Waals surface area (Å²) in [6.07, 6.45) is 0.767. The summed E-state index contributed by atoms with van der Waals surface area (Å²) in [5.74, 6) is 0. The zero-order chi connectivity index (χ0) is 11.0. The van der Waals surface area contributed by atoms with E-state index in [0.717, 1.165) is 12.0 Å². The molecule has 2 rings (SSSR count). The SMILES string of the molecule is Cc1nc2ccc(C#N)c(C)n2c1C=O. The molecule has 2 aromatic heterocycles. The molecule has 2 aromatic rings. The number of pyridine rings is 1. The van der Waals surface area contributed by atoms with Crippen LogP contribution in [0.4, 0.5) is 0 Å². The highest BCUT2D eigenvalue weighted by Crippen LogP contribution is 2.15. The Morgan fingerprint density at radius 2 is 2.20 bits per heavy atom. The molecule has 0 unspecified atom stereocenters. The molecule has 0 N–H and O–H groups in total. The van der Waals surface area contributed by atoms with Gasteiger partial charge in [-0.15, -0.1) is 0 Å². The number of nitrogens with zero attached hydrogens (tertiary/aromatic N) is 3. The second-order valence-electron chi connectivity index (χ2n) is 3.34. The van der Waals surface area contributed by atoms with Gasteiger partial charge in [0.1, 0.15) is 17.4 Å². The van der Waals surface area contributed by atoms with E-state index in [0.29, 0.717) is 22.6 Å². The van der Waals surface area contributed by atoms with Gasteiger partial charge in [-0.1, -0.05) is 0 Å². The minimum absolute atomic E-state index is 0.514. The Balaban J connectivity index is 2.97. The quantitative estimate of drug-likeness (QED) is 0.656. The lowest BCUT2D eigenvalue weighted by Crippen LogP contribution is -1.99. The van der Waals surface area contributed by atoms with E-state index in [9.17, 15) is 4.79 Å². The Bertz CT molecular complexity index is 590. The summed E-state index contributed by atoms with van der Waals surface area (Å²) in [5.41, 5.74) is 3.20. The number of carbonyl (C=O) groups is 1. The van der Waals surface area contributed by atoms with Crippen LogP contribution in [-0.2, 0) is 0 Å². The lowest BCUT2D eigenvalue weighted by molar-refractivity contribution is 0.111. The van der Waals surface area contributed by atoms with Crippen molar-refractivity contribution >= 4 is 11.9 Å². The van der Waals surface area contributed by atoms with Crippen LogP contribution in [-0.4, -0.2) is 15.7 Å². The summed E-state index contributed by atoms with van der Waals surface area (Å²) in [5, 5.41) is 8.88. The van der Waals surface area contributed by atoms with Gasteiger partial charge in [0.2, 0.25) is 0 Å². The average Bonchev–Trinajstić information content (AvgIpc) is 2.55. The van der Waals surface area contributed by atoms with E-state index in [4.69, 9.17) is 5.26 Å². The first-order chi connectivity index (χ1) is 7.19. The molecule has 0 aliphatic carbocycles. The molecule has 0 spiro atoms. The van der Waals surface area contributed by atoms with Gasteiger partial charge < -0.3 is 0 Å². The van der Waals surface area contributed by atoms with Crippen LogP contribution in [0.2, 0.25) is 0 Å². The molecule has 74 valence electrons. The summed E-state index contributed by atoms with van der Waals surface area (Å²) in [4.78, 5) is 15.2. The fourth-order valence-electron chi connectivity index (χ4n) is 1.68. The minimum Gasteiger partial charge on any atom is -0.296 e. The fraction of sp³-hybridized carbons (Fsp3) is 0.182. The number of fused-ring (bicyclic) bond motifs is 1. The van der Waals surface area contributed by atoms with Crippen LogP contribution in [0, 0.1) is 25.2 Å². The number of aryl methyl sites for hydroxylation is 2. The molecule has 0 fully saturated rings. The molecular formula is C11H9N3O. The standard InChI is InChI=1S/C11H9N3O/c1-7-10(6-15)14-8(2)9(5-12)3-4-11(14)13-7/h3-4,6H,1-2H3. The highest BCUT2D eigenvalue weighted by Gasteiger charge is 2.11. The summed E-state index contributed by atoms with van der Waals surface area (Å²) >= 11 is 0. The monoisotopic (exact) mass is 199 g/mol. The molecule has 2 heterocycles. The first kappa shape index (κ1) is 9.41. The Kier molecular flexibility index (Phi) is 2.01. The van der Waals surface area contributed by atoms with Gasteiger partial charge in [0.05, 0.1) is 11.3 Å². The van der Waals surface area contributed by atoms with Crippen molar-refractivity contribution in [3.05, 3.63) is 34.8 Å². The van der Waals surface area contributed by atoms with E-state index in [1.54, 1.807) is 30.4 Å². The van der Waals surface area contributed by atoms with E-state index in [1.807, 2.05) is 0 Å². The number of imidazole rings is 1. The number of aromatic nitrogens is 2. The lowest BCUT2D eigenvalue weighted by Gasteiger charge is -2.02. The molecule has 0 radical (unpaired) electrons. The smallest absolute Gasteiger partial charge is 0.168 e. The van der Waals surface area contributed by atoms with Crippen LogP contribution in [0.1, 0.15) is 27.4 Å². The Morgan fingerprint density at radius 3 is 2.80 bits per heavy atom. The Labute approximate surface area is 86.8 Å². The first-order valence-electron chi connectivity index (χ1n) is 4.53. The molecule has 0 saturated carbocycles. The molecule has 15 heavy (non-hydrogen) atoms. The number of aldehydes is 1. The summed E-state index contributed by atoms with van der Waals surface area (Å²) in [6, 6.07) is 5.54. The van der Waals surface area contributed by atoms with E-state index in [1.165, 1.54) is 0 Å². The largest absolute Gasteiger partial charge is 0.296 e. The fourth-order valence-corrected chi connectivity index (χ4v) is 1.68. The number of hydrogen-bond acceptors (Lipinski definition) is 3. The van der Waals surface area contributed by atoms with Gasteiger partial charge in [-0.25, -0.2) is 4.98 Å². The number of nitriles is 1. The van der Waals surface area contributed by atoms with Crippen molar-refractivity contribution in [1.29, 1.82) is 5.26 Å². The normalized spacial score (nSPS) is 10.2. The van der Waals surface area contributed by atoms with Gasteiger partial charge in [0.15, 0.2) is 6.29 Å². The van der Waals surface area contributed by atoms with Gasteiger partial charge in [-0.2, -0.15) is 5.26 Å². The van der Waals surface area contributed by atoms with Crippen molar-refractivity contribution in [2.24, 2.45) is 0 Å². The van der Waals surface area contributed by atoms with Crippen LogP contribution in [0.25, 0.3) is 5.65 Å². The third-order valence-corrected chi connectivity index (χ3v) is 2.48. The summed E-state index contributed by atoms with van der Waals surface area (Å²) in [6.45, 7) is 3.59. The van der Waals surface area contributed by atoms with Crippen molar-refractivity contribution < 1.29 is 4.79 Å². The molecule has 0 amide bonds.